The molecule has 0 saturated carbocycles. The smallest absolute Gasteiger partial charge is 0.265 e. The van der Waals surface area contributed by atoms with Crippen LogP contribution in [0.5, 0.6) is 5.75 Å². The average Bonchev–Trinajstić information content (AvgIpc) is 2.38. The van der Waals surface area contributed by atoms with Crippen molar-refractivity contribution in [1.29, 1.82) is 0 Å². The second-order valence-corrected chi connectivity index (χ2v) is 5.32. The van der Waals surface area contributed by atoms with Crippen molar-refractivity contribution in [2.45, 2.75) is 25.9 Å². The van der Waals surface area contributed by atoms with Crippen molar-refractivity contribution in [2.75, 3.05) is 25.2 Å². The molecule has 0 fully saturated rings. The van der Waals surface area contributed by atoms with Crippen LogP contribution in [0.4, 0.5) is 5.69 Å². The highest BCUT2D eigenvalue weighted by Gasteiger charge is 2.36. The van der Waals surface area contributed by atoms with Gasteiger partial charge in [0.1, 0.15) is 5.75 Å². The Morgan fingerprint density at radius 2 is 2.21 bits per heavy atom. The second-order valence-electron chi connectivity index (χ2n) is 5.32. The van der Waals surface area contributed by atoms with Crippen LogP contribution in [0.2, 0.25) is 0 Å². The predicted molar refractivity (Wildman–Crippen MR) is 73.4 cm³/mol. The topological polar surface area (TPSA) is 61.8 Å². The molecule has 1 aromatic rings. The van der Waals surface area contributed by atoms with E-state index < -0.39 is 5.54 Å². The van der Waals surface area contributed by atoms with Gasteiger partial charge in [-0.1, -0.05) is 6.07 Å². The van der Waals surface area contributed by atoms with Gasteiger partial charge in [0.2, 0.25) is 0 Å². The number of fused-ring (bicyclic) bond motifs is 1. The van der Waals surface area contributed by atoms with Crippen LogP contribution in [0, 0.1) is 0 Å². The Kier molecular flexibility index (Phi) is 3.78. The fourth-order valence-corrected chi connectivity index (χ4v) is 2.25. The lowest BCUT2D eigenvalue weighted by atomic mass is 10.0. The SMILES string of the molecule is CNCc1ccc2c(c1)N(C(C)(C)CO)C(=O)CO2. The fraction of sp³-hybridized carbons (Fsp3) is 0.500. The van der Waals surface area contributed by atoms with Gasteiger partial charge >= 0.3 is 0 Å². The van der Waals surface area contributed by atoms with Gasteiger partial charge in [0, 0.05) is 6.54 Å². The molecular weight excluding hydrogens is 244 g/mol. The van der Waals surface area contributed by atoms with E-state index in [4.69, 9.17) is 4.74 Å². The molecule has 1 aliphatic heterocycles. The van der Waals surface area contributed by atoms with E-state index in [2.05, 4.69) is 5.32 Å². The maximum Gasteiger partial charge on any atom is 0.265 e. The predicted octanol–water partition coefficient (Wildman–Crippen LogP) is 0.902. The Labute approximate surface area is 113 Å². The number of carbonyl (C=O) groups excluding carboxylic acids is 1. The third-order valence-electron chi connectivity index (χ3n) is 3.24. The van der Waals surface area contributed by atoms with E-state index in [9.17, 15) is 9.90 Å². The summed E-state index contributed by atoms with van der Waals surface area (Å²) in [5, 5.41) is 12.6. The van der Waals surface area contributed by atoms with Crippen molar-refractivity contribution in [1.82, 2.24) is 5.32 Å². The van der Waals surface area contributed by atoms with Crippen molar-refractivity contribution in [3.05, 3.63) is 23.8 Å². The third-order valence-corrected chi connectivity index (χ3v) is 3.24. The number of anilines is 1. The van der Waals surface area contributed by atoms with Crippen molar-refractivity contribution < 1.29 is 14.6 Å². The van der Waals surface area contributed by atoms with Crippen LogP contribution in [-0.4, -0.2) is 36.8 Å². The van der Waals surface area contributed by atoms with E-state index in [-0.39, 0.29) is 19.1 Å². The Morgan fingerprint density at radius 3 is 2.84 bits per heavy atom. The Balaban J connectivity index is 2.47. The summed E-state index contributed by atoms with van der Waals surface area (Å²) in [6.45, 7) is 4.31. The standard InChI is InChI=1S/C14H20N2O3/c1-14(2,9-17)16-11-6-10(7-15-3)4-5-12(11)19-8-13(16)18/h4-6,15,17H,7-9H2,1-3H3. The molecule has 0 atom stereocenters. The van der Waals surface area contributed by atoms with Crippen molar-refractivity contribution in [3.63, 3.8) is 0 Å². The largest absolute Gasteiger partial charge is 0.482 e. The van der Waals surface area contributed by atoms with E-state index in [1.807, 2.05) is 39.1 Å². The third kappa shape index (κ3) is 2.57. The molecule has 0 aromatic heterocycles. The number of carbonyl (C=O) groups is 1. The van der Waals surface area contributed by atoms with Gasteiger partial charge in [-0.15, -0.1) is 0 Å². The summed E-state index contributed by atoms with van der Waals surface area (Å²) in [4.78, 5) is 13.7. The first-order valence-corrected chi connectivity index (χ1v) is 6.34. The van der Waals surface area contributed by atoms with Gasteiger partial charge in [-0.2, -0.15) is 0 Å². The minimum atomic E-state index is -0.645. The van der Waals surface area contributed by atoms with Crippen LogP contribution in [0.15, 0.2) is 18.2 Å². The summed E-state index contributed by atoms with van der Waals surface area (Å²) in [7, 11) is 1.87. The summed E-state index contributed by atoms with van der Waals surface area (Å²) in [6, 6.07) is 5.77. The molecule has 1 amide bonds. The number of nitrogens with zero attached hydrogens (tertiary/aromatic N) is 1. The van der Waals surface area contributed by atoms with Gasteiger partial charge in [0.25, 0.3) is 5.91 Å². The number of nitrogens with one attached hydrogen (secondary N) is 1. The Hall–Kier alpha value is -1.59. The summed E-state index contributed by atoms with van der Waals surface area (Å²) >= 11 is 0. The highest BCUT2D eigenvalue weighted by Crippen LogP contribution is 2.37. The minimum Gasteiger partial charge on any atom is -0.482 e. The molecule has 1 aromatic carbocycles. The number of benzene rings is 1. The van der Waals surface area contributed by atoms with Crippen LogP contribution in [-0.2, 0) is 11.3 Å². The quantitative estimate of drug-likeness (QED) is 0.848. The fourth-order valence-electron chi connectivity index (χ4n) is 2.25. The summed E-state index contributed by atoms with van der Waals surface area (Å²) in [5.41, 5.74) is 1.15. The molecule has 5 nitrogen and oxygen atoms in total. The number of aliphatic hydroxyl groups excluding tert-OH is 1. The van der Waals surface area contributed by atoms with Crippen LogP contribution in [0.3, 0.4) is 0 Å². The molecule has 0 radical (unpaired) electrons. The number of hydrogen-bond donors (Lipinski definition) is 2. The summed E-state index contributed by atoms with van der Waals surface area (Å²) < 4.78 is 5.45. The molecule has 0 bridgehead atoms. The molecule has 1 heterocycles. The highest BCUT2D eigenvalue weighted by molar-refractivity contribution is 5.99. The minimum absolute atomic E-state index is 0.0157. The van der Waals surface area contributed by atoms with Gasteiger partial charge in [0.05, 0.1) is 17.8 Å². The van der Waals surface area contributed by atoms with E-state index in [1.165, 1.54) is 0 Å². The zero-order valence-electron chi connectivity index (χ0n) is 11.6. The summed E-state index contributed by atoms with van der Waals surface area (Å²) in [5.74, 6) is 0.550. The van der Waals surface area contributed by atoms with E-state index in [1.54, 1.807) is 4.90 Å². The van der Waals surface area contributed by atoms with Gasteiger partial charge in [-0.25, -0.2) is 0 Å². The molecule has 0 aliphatic carbocycles. The highest BCUT2D eigenvalue weighted by atomic mass is 16.5. The number of hydrogen-bond acceptors (Lipinski definition) is 4. The molecule has 2 rings (SSSR count). The maximum absolute atomic E-state index is 12.1. The molecular formula is C14H20N2O3. The van der Waals surface area contributed by atoms with Crippen LogP contribution < -0.4 is 15.0 Å². The van der Waals surface area contributed by atoms with Crippen molar-refractivity contribution in [3.8, 4) is 5.75 Å². The maximum atomic E-state index is 12.1. The second kappa shape index (κ2) is 5.19. The number of aliphatic hydroxyl groups is 1. The van der Waals surface area contributed by atoms with Gasteiger partial charge in [-0.05, 0) is 38.6 Å². The molecule has 0 saturated heterocycles. The Morgan fingerprint density at radius 1 is 1.47 bits per heavy atom. The first kappa shape index (κ1) is 13.8. The van der Waals surface area contributed by atoms with E-state index >= 15 is 0 Å². The van der Waals surface area contributed by atoms with Gasteiger partial charge in [-0.3, -0.25) is 9.69 Å². The number of amides is 1. The molecule has 104 valence electrons. The zero-order valence-corrected chi connectivity index (χ0v) is 11.6. The first-order chi connectivity index (χ1) is 8.99. The number of ether oxygens (including phenoxy) is 1. The normalized spacial score (nSPS) is 15.2. The van der Waals surface area contributed by atoms with Crippen molar-refractivity contribution in [2.24, 2.45) is 0 Å². The molecule has 0 spiro atoms. The molecule has 19 heavy (non-hydrogen) atoms. The van der Waals surface area contributed by atoms with Crippen molar-refractivity contribution >= 4 is 11.6 Å². The molecule has 1 aliphatic rings. The van der Waals surface area contributed by atoms with Gasteiger partial charge < -0.3 is 15.2 Å². The zero-order chi connectivity index (χ0) is 14.0. The van der Waals surface area contributed by atoms with Crippen LogP contribution in [0.1, 0.15) is 19.4 Å². The van der Waals surface area contributed by atoms with Gasteiger partial charge in [0.15, 0.2) is 6.61 Å². The lowest BCUT2D eigenvalue weighted by Gasteiger charge is -2.40. The average molecular weight is 264 g/mol. The Bertz CT molecular complexity index is 486. The lowest BCUT2D eigenvalue weighted by molar-refractivity contribution is -0.122. The number of rotatable bonds is 4. The van der Waals surface area contributed by atoms with Crippen LogP contribution >= 0.6 is 0 Å². The van der Waals surface area contributed by atoms with E-state index in [0.717, 1.165) is 17.8 Å². The monoisotopic (exact) mass is 264 g/mol. The molecule has 0 unspecified atom stereocenters. The molecule has 5 heteroatoms. The summed E-state index contributed by atoms with van der Waals surface area (Å²) in [6.07, 6.45) is 0. The molecule has 2 N–H and O–H groups in total. The lowest BCUT2D eigenvalue weighted by Crippen LogP contribution is -2.54. The van der Waals surface area contributed by atoms with Crippen LogP contribution in [0.25, 0.3) is 0 Å². The van der Waals surface area contributed by atoms with E-state index in [0.29, 0.717) is 5.75 Å². The first-order valence-electron chi connectivity index (χ1n) is 6.34.